The molecule has 1 heterocycles. The number of aliphatic hydroxyl groups is 1. The molecule has 0 unspecified atom stereocenters. The molecule has 3 N–H and O–H groups in total. The molecule has 0 saturated carbocycles. The summed E-state index contributed by atoms with van der Waals surface area (Å²) in [5, 5.41) is 15.4. The highest BCUT2D eigenvalue weighted by atomic mass is 16.5. The van der Waals surface area contributed by atoms with Gasteiger partial charge in [0.15, 0.2) is 0 Å². The first kappa shape index (κ1) is 14.9. The molecule has 0 fully saturated rings. The van der Waals surface area contributed by atoms with E-state index >= 15 is 0 Å². The van der Waals surface area contributed by atoms with Crippen LogP contribution in [0.15, 0.2) is 42.5 Å². The van der Waals surface area contributed by atoms with E-state index in [1.807, 2.05) is 30.3 Å². The molecule has 0 spiro atoms. The fraction of sp³-hybridized carbons (Fsp3) is 0.333. The van der Waals surface area contributed by atoms with Gasteiger partial charge in [0.1, 0.15) is 18.5 Å². The number of benzene rings is 2. The van der Waals surface area contributed by atoms with Crippen molar-refractivity contribution in [1.29, 1.82) is 0 Å². The molecule has 1 atom stereocenters. The van der Waals surface area contributed by atoms with Gasteiger partial charge in [-0.1, -0.05) is 38.1 Å². The molecule has 22 heavy (non-hydrogen) atoms. The lowest BCUT2D eigenvalue weighted by molar-refractivity contribution is 0.105. The minimum Gasteiger partial charge on any atom is -0.490 e. The summed E-state index contributed by atoms with van der Waals surface area (Å²) in [5.41, 5.74) is 2.14. The van der Waals surface area contributed by atoms with Gasteiger partial charge in [-0.25, -0.2) is 0 Å². The molecule has 1 aromatic heterocycles. The first-order valence-electron chi connectivity index (χ1n) is 7.69. The van der Waals surface area contributed by atoms with E-state index in [0.29, 0.717) is 12.6 Å². The van der Waals surface area contributed by atoms with Crippen LogP contribution in [0, 0.1) is 0 Å². The van der Waals surface area contributed by atoms with Crippen molar-refractivity contribution in [3.63, 3.8) is 0 Å². The summed E-state index contributed by atoms with van der Waals surface area (Å²) < 4.78 is 5.87. The molecule has 4 heteroatoms. The Morgan fingerprint density at radius 1 is 1.09 bits per heavy atom. The molecular weight excluding hydrogens is 275 g/mol. The predicted octanol–water partition coefficient (Wildman–Crippen LogP) is 3.06. The van der Waals surface area contributed by atoms with E-state index in [1.54, 1.807) is 0 Å². The third kappa shape index (κ3) is 3.08. The largest absolute Gasteiger partial charge is 0.490 e. The quantitative estimate of drug-likeness (QED) is 0.655. The molecule has 3 aromatic rings. The molecule has 0 aliphatic rings. The maximum Gasteiger partial charge on any atom is 0.129 e. The molecule has 3 rings (SSSR count). The minimum absolute atomic E-state index is 0.276. The summed E-state index contributed by atoms with van der Waals surface area (Å²) in [6, 6.07) is 14.5. The van der Waals surface area contributed by atoms with Crippen molar-refractivity contribution in [1.82, 2.24) is 10.3 Å². The van der Waals surface area contributed by atoms with Crippen LogP contribution in [0.5, 0.6) is 5.75 Å². The van der Waals surface area contributed by atoms with Crippen LogP contribution in [-0.4, -0.2) is 35.4 Å². The van der Waals surface area contributed by atoms with Crippen LogP contribution in [0.1, 0.15) is 13.8 Å². The first-order chi connectivity index (χ1) is 10.6. The van der Waals surface area contributed by atoms with Gasteiger partial charge in [0.2, 0.25) is 0 Å². The molecule has 0 radical (unpaired) electrons. The minimum atomic E-state index is -0.525. The van der Waals surface area contributed by atoms with E-state index in [1.165, 1.54) is 0 Å². The monoisotopic (exact) mass is 297 g/mol. The zero-order valence-electron chi connectivity index (χ0n) is 13.0. The number of para-hydroxylation sites is 1. The zero-order chi connectivity index (χ0) is 15.5. The van der Waals surface area contributed by atoms with Crippen LogP contribution < -0.4 is 10.1 Å². The van der Waals surface area contributed by atoms with Gasteiger partial charge < -0.3 is 20.1 Å². The van der Waals surface area contributed by atoms with Gasteiger partial charge in [-0.15, -0.1) is 0 Å². The Balaban J connectivity index is 1.82. The number of aromatic nitrogens is 1. The zero-order valence-corrected chi connectivity index (χ0v) is 13.0. The average molecular weight is 297 g/mol. The summed E-state index contributed by atoms with van der Waals surface area (Å²) in [5.74, 6) is 0.804. The summed E-state index contributed by atoms with van der Waals surface area (Å²) in [7, 11) is 0. The third-order valence-electron chi connectivity index (χ3n) is 3.68. The van der Waals surface area contributed by atoms with Crippen molar-refractivity contribution in [3.05, 3.63) is 42.5 Å². The summed E-state index contributed by atoms with van der Waals surface area (Å²) in [6.07, 6.45) is -0.525. The molecule has 0 amide bonds. The van der Waals surface area contributed by atoms with Crippen molar-refractivity contribution in [3.8, 4) is 5.75 Å². The number of H-pyrrole nitrogens is 1. The maximum absolute atomic E-state index is 10.0. The van der Waals surface area contributed by atoms with E-state index in [2.05, 4.69) is 36.3 Å². The first-order valence-corrected chi connectivity index (χ1v) is 7.69. The number of fused-ring (bicyclic) bond motifs is 3. The average Bonchev–Trinajstić information content (AvgIpc) is 2.90. The van der Waals surface area contributed by atoms with Gasteiger partial charge >= 0.3 is 0 Å². The number of aliphatic hydroxyl groups excluding tert-OH is 1. The second-order valence-electron chi connectivity index (χ2n) is 5.88. The van der Waals surface area contributed by atoms with Crippen LogP contribution in [0.2, 0.25) is 0 Å². The SMILES string of the molecule is C[11CH](C)NC[C@@H](O)COc1cccc2[nH]c3ccccc3c12. The molecule has 116 valence electrons. The number of hydrogen-bond donors (Lipinski definition) is 3. The van der Waals surface area contributed by atoms with E-state index in [0.717, 1.165) is 27.6 Å². The summed E-state index contributed by atoms with van der Waals surface area (Å²) in [6.45, 7) is 4.92. The van der Waals surface area contributed by atoms with Crippen molar-refractivity contribution in [2.75, 3.05) is 13.2 Å². The topological polar surface area (TPSA) is 57.3 Å². The fourth-order valence-corrected chi connectivity index (χ4v) is 2.61. The highest BCUT2D eigenvalue weighted by molar-refractivity contribution is 6.10. The van der Waals surface area contributed by atoms with Crippen molar-refractivity contribution < 1.29 is 9.84 Å². The van der Waals surface area contributed by atoms with Crippen LogP contribution in [0.25, 0.3) is 21.8 Å². The van der Waals surface area contributed by atoms with Crippen LogP contribution in [0.4, 0.5) is 0 Å². The van der Waals surface area contributed by atoms with E-state index < -0.39 is 6.10 Å². The molecular formula is C18H22N2O2. The molecule has 0 saturated heterocycles. The van der Waals surface area contributed by atoms with Crippen LogP contribution in [-0.2, 0) is 0 Å². The number of ether oxygens (including phenoxy) is 1. The normalized spacial score (nSPS) is 13.1. The molecule has 2 aromatic carbocycles. The Morgan fingerprint density at radius 2 is 1.86 bits per heavy atom. The van der Waals surface area contributed by atoms with Crippen molar-refractivity contribution >= 4 is 21.8 Å². The Kier molecular flexibility index (Phi) is 4.32. The number of nitrogens with one attached hydrogen (secondary N) is 2. The lowest BCUT2D eigenvalue weighted by Crippen LogP contribution is -2.35. The van der Waals surface area contributed by atoms with E-state index in [-0.39, 0.29) is 6.61 Å². The summed E-state index contributed by atoms with van der Waals surface area (Å²) >= 11 is 0. The van der Waals surface area contributed by atoms with Gasteiger partial charge in [0.25, 0.3) is 0 Å². The molecule has 0 aliphatic heterocycles. The van der Waals surface area contributed by atoms with Gasteiger partial charge in [-0.05, 0) is 18.2 Å². The van der Waals surface area contributed by atoms with Gasteiger partial charge in [-0.3, -0.25) is 0 Å². The highest BCUT2D eigenvalue weighted by Crippen LogP contribution is 2.32. The number of aromatic amines is 1. The van der Waals surface area contributed by atoms with E-state index in [9.17, 15) is 5.11 Å². The number of hydrogen-bond acceptors (Lipinski definition) is 3. The highest BCUT2D eigenvalue weighted by Gasteiger charge is 2.11. The van der Waals surface area contributed by atoms with Crippen molar-refractivity contribution in [2.24, 2.45) is 0 Å². The Bertz CT molecular complexity index is 764. The Labute approximate surface area is 130 Å². The smallest absolute Gasteiger partial charge is 0.129 e. The van der Waals surface area contributed by atoms with Crippen molar-refractivity contribution in [2.45, 2.75) is 26.0 Å². The van der Waals surface area contributed by atoms with Gasteiger partial charge in [0.05, 0.1) is 5.52 Å². The molecule has 4 nitrogen and oxygen atoms in total. The van der Waals surface area contributed by atoms with Gasteiger partial charge in [-0.2, -0.15) is 0 Å². The number of rotatable bonds is 6. The Morgan fingerprint density at radius 3 is 2.68 bits per heavy atom. The standard InChI is InChI=1S/C18H22N2O2/c1-12(2)19-10-13(21)11-22-17-9-5-8-16-18(17)14-6-3-4-7-15(14)20-16/h3-9,12-13,19-21H,10-11H2,1-2H3/t13-/m1/s1/i12-1. The lowest BCUT2D eigenvalue weighted by atomic mass is 9.82. The second-order valence-corrected chi connectivity index (χ2v) is 5.88. The summed E-state index contributed by atoms with van der Waals surface area (Å²) in [4.78, 5) is 3.39. The lowest BCUT2D eigenvalue weighted by Gasteiger charge is -2.15. The Hall–Kier alpha value is -2.04. The molecule has 0 bridgehead atoms. The van der Waals surface area contributed by atoms with Gasteiger partial charge in [0, 0.05) is 28.9 Å². The van der Waals surface area contributed by atoms with Crippen LogP contribution >= 0.6 is 0 Å². The fourth-order valence-electron chi connectivity index (χ4n) is 2.61. The second kappa shape index (κ2) is 6.38. The maximum atomic E-state index is 10.0. The van der Waals surface area contributed by atoms with E-state index in [4.69, 9.17) is 4.74 Å². The predicted molar refractivity (Wildman–Crippen MR) is 90.4 cm³/mol. The molecule has 0 aliphatic carbocycles. The van der Waals surface area contributed by atoms with Crippen LogP contribution in [0.3, 0.4) is 0 Å². The third-order valence-corrected chi connectivity index (χ3v) is 3.68.